The molecule has 4 rings (SSSR count). The summed E-state index contributed by atoms with van der Waals surface area (Å²) in [6, 6.07) is 9.49. The first-order chi connectivity index (χ1) is 15.6. The van der Waals surface area contributed by atoms with Crippen molar-refractivity contribution in [2.75, 3.05) is 18.2 Å². The Balaban J connectivity index is 1.40. The molecule has 0 radical (unpaired) electrons. The third kappa shape index (κ3) is 4.76. The molecule has 0 aliphatic carbocycles. The van der Waals surface area contributed by atoms with Crippen molar-refractivity contribution in [3.05, 3.63) is 60.2 Å². The number of nitrogens with one attached hydrogen (secondary N) is 1. The number of allylic oxidation sites excluding steroid dienone is 1. The summed E-state index contributed by atoms with van der Waals surface area (Å²) in [7, 11) is 1.63. The molecule has 0 fully saturated rings. The molecule has 0 atom stereocenters. The zero-order valence-electron chi connectivity index (χ0n) is 17.6. The Hall–Kier alpha value is -3.37. The number of methoxy groups -OCH3 is 1. The molecule has 32 heavy (non-hydrogen) atoms. The van der Waals surface area contributed by atoms with Gasteiger partial charge in [-0.1, -0.05) is 17.8 Å². The van der Waals surface area contributed by atoms with Gasteiger partial charge in [0.1, 0.15) is 5.75 Å². The van der Waals surface area contributed by atoms with Gasteiger partial charge in [0.15, 0.2) is 16.0 Å². The lowest BCUT2D eigenvalue weighted by atomic mass is 10.2. The number of aromatic nitrogens is 4. The molecule has 4 aromatic rings. The fourth-order valence-corrected chi connectivity index (χ4v) is 4.45. The molecular formula is C22H21N5O3S2. The van der Waals surface area contributed by atoms with Crippen LogP contribution in [-0.2, 0) is 11.3 Å². The van der Waals surface area contributed by atoms with Crippen LogP contribution in [0.5, 0.6) is 5.75 Å². The van der Waals surface area contributed by atoms with Crippen LogP contribution in [0.4, 0.5) is 5.13 Å². The van der Waals surface area contributed by atoms with Gasteiger partial charge < -0.3 is 14.5 Å². The quantitative estimate of drug-likeness (QED) is 0.276. The van der Waals surface area contributed by atoms with E-state index < -0.39 is 0 Å². The summed E-state index contributed by atoms with van der Waals surface area (Å²) in [5, 5.41) is 14.4. The van der Waals surface area contributed by atoms with Gasteiger partial charge in [-0.15, -0.1) is 28.1 Å². The molecule has 1 amide bonds. The fourth-order valence-electron chi connectivity index (χ4n) is 2.97. The molecule has 1 aromatic carbocycles. The number of carbonyl (C=O) groups excluding carboxylic acids is 1. The minimum absolute atomic E-state index is 0.170. The van der Waals surface area contributed by atoms with Crippen LogP contribution in [0.2, 0.25) is 0 Å². The number of nitrogens with zero attached hydrogens (tertiary/aromatic N) is 4. The van der Waals surface area contributed by atoms with Gasteiger partial charge >= 0.3 is 0 Å². The van der Waals surface area contributed by atoms with Crippen molar-refractivity contribution in [3.8, 4) is 28.6 Å². The largest absolute Gasteiger partial charge is 0.497 e. The van der Waals surface area contributed by atoms with Crippen LogP contribution in [0.1, 0.15) is 5.56 Å². The lowest BCUT2D eigenvalue weighted by Gasteiger charge is -2.06. The van der Waals surface area contributed by atoms with Gasteiger partial charge in [-0.25, -0.2) is 4.98 Å². The van der Waals surface area contributed by atoms with E-state index in [1.165, 1.54) is 23.1 Å². The number of rotatable bonds is 9. The van der Waals surface area contributed by atoms with E-state index in [9.17, 15) is 4.79 Å². The normalized spacial score (nSPS) is 10.8. The Morgan fingerprint density at radius 3 is 2.81 bits per heavy atom. The summed E-state index contributed by atoms with van der Waals surface area (Å²) in [6.45, 7) is 6.25. The Labute approximate surface area is 193 Å². The average Bonchev–Trinajstić information content (AvgIpc) is 3.53. The number of anilines is 1. The zero-order valence-corrected chi connectivity index (χ0v) is 19.2. The summed E-state index contributed by atoms with van der Waals surface area (Å²) in [6.07, 6.45) is 3.37. The molecule has 0 saturated heterocycles. The number of hydrogen-bond donors (Lipinski definition) is 1. The van der Waals surface area contributed by atoms with Crippen molar-refractivity contribution >= 4 is 34.1 Å². The van der Waals surface area contributed by atoms with E-state index in [0.717, 1.165) is 22.6 Å². The van der Waals surface area contributed by atoms with Gasteiger partial charge in [-0.3, -0.25) is 9.36 Å². The molecule has 0 spiro atoms. The number of amides is 1. The van der Waals surface area contributed by atoms with Crippen molar-refractivity contribution < 1.29 is 13.9 Å². The fraction of sp³-hybridized carbons (Fsp3) is 0.182. The Morgan fingerprint density at radius 2 is 2.12 bits per heavy atom. The molecule has 164 valence electrons. The van der Waals surface area contributed by atoms with Crippen LogP contribution in [0.3, 0.4) is 0 Å². The highest BCUT2D eigenvalue weighted by molar-refractivity contribution is 7.99. The van der Waals surface area contributed by atoms with Gasteiger partial charge in [-0.2, -0.15) is 0 Å². The van der Waals surface area contributed by atoms with Crippen LogP contribution >= 0.6 is 23.1 Å². The van der Waals surface area contributed by atoms with Crippen LogP contribution in [0, 0.1) is 6.92 Å². The second-order valence-corrected chi connectivity index (χ2v) is 8.54. The number of thioether (sulfide) groups is 1. The van der Waals surface area contributed by atoms with Gasteiger partial charge in [0.05, 0.1) is 24.8 Å². The molecule has 3 heterocycles. The molecule has 0 aliphatic rings. The summed E-state index contributed by atoms with van der Waals surface area (Å²) >= 11 is 2.67. The number of hydrogen-bond acceptors (Lipinski definition) is 8. The number of thiazole rings is 1. The highest BCUT2D eigenvalue weighted by Crippen LogP contribution is 2.28. The summed E-state index contributed by atoms with van der Waals surface area (Å²) in [5.74, 6) is 2.05. The van der Waals surface area contributed by atoms with Gasteiger partial charge in [0.25, 0.3) is 0 Å². The van der Waals surface area contributed by atoms with E-state index in [1.807, 2.05) is 47.2 Å². The summed E-state index contributed by atoms with van der Waals surface area (Å²) in [5.41, 5.74) is 2.72. The maximum Gasteiger partial charge on any atom is 0.236 e. The topological polar surface area (TPSA) is 95.1 Å². The van der Waals surface area contributed by atoms with E-state index in [1.54, 1.807) is 19.4 Å². The van der Waals surface area contributed by atoms with Crippen molar-refractivity contribution in [2.24, 2.45) is 0 Å². The molecular weight excluding hydrogens is 446 g/mol. The van der Waals surface area contributed by atoms with E-state index >= 15 is 0 Å². The molecule has 3 aromatic heterocycles. The smallest absolute Gasteiger partial charge is 0.236 e. The standard InChI is InChI=1S/C22H21N5O3S2/c1-4-10-27-20(19-14(2)9-11-30-19)25-26-22(27)32-13-18(28)24-21-23-17(12-31-21)15-5-7-16(29-3)8-6-15/h4-9,11-12H,1,10,13H2,2-3H3,(H,23,24,28). The predicted octanol–water partition coefficient (Wildman–Crippen LogP) is 4.90. The van der Waals surface area contributed by atoms with Gasteiger partial charge in [0.2, 0.25) is 11.7 Å². The van der Waals surface area contributed by atoms with E-state index in [-0.39, 0.29) is 11.7 Å². The first-order valence-electron chi connectivity index (χ1n) is 9.70. The Bertz CT molecular complexity index is 1230. The molecule has 1 N–H and O–H groups in total. The maximum atomic E-state index is 12.5. The number of ether oxygens (including phenoxy) is 1. The molecule has 0 unspecified atom stereocenters. The Kier molecular flexibility index (Phi) is 6.72. The lowest BCUT2D eigenvalue weighted by molar-refractivity contribution is -0.113. The monoisotopic (exact) mass is 467 g/mol. The molecule has 10 heteroatoms. The van der Waals surface area contributed by atoms with E-state index in [2.05, 4.69) is 27.1 Å². The third-order valence-electron chi connectivity index (χ3n) is 4.56. The number of furan rings is 1. The highest BCUT2D eigenvalue weighted by atomic mass is 32.2. The maximum absolute atomic E-state index is 12.5. The van der Waals surface area contributed by atoms with Crippen LogP contribution in [0.15, 0.2) is 64.2 Å². The third-order valence-corrected chi connectivity index (χ3v) is 6.29. The Morgan fingerprint density at radius 1 is 1.31 bits per heavy atom. The zero-order chi connectivity index (χ0) is 22.5. The van der Waals surface area contributed by atoms with E-state index in [0.29, 0.717) is 28.4 Å². The average molecular weight is 468 g/mol. The summed E-state index contributed by atoms with van der Waals surface area (Å²) in [4.78, 5) is 17.0. The minimum atomic E-state index is -0.172. The number of carbonyl (C=O) groups is 1. The van der Waals surface area contributed by atoms with Gasteiger partial charge in [-0.05, 0) is 42.8 Å². The SMILES string of the molecule is C=CCn1c(SCC(=O)Nc2nc(-c3ccc(OC)cc3)cs2)nnc1-c1occc1C. The lowest BCUT2D eigenvalue weighted by Crippen LogP contribution is -2.14. The number of benzene rings is 1. The molecule has 0 aliphatic heterocycles. The van der Waals surface area contributed by atoms with Crippen molar-refractivity contribution in [3.63, 3.8) is 0 Å². The van der Waals surface area contributed by atoms with Crippen molar-refractivity contribution in [1.29, 1.82) is 0 Å². The first-order valence-corrected chi connectivity index (χ1v) is 11.6. The van der Waals surface area contributed by atoms with Crippen LogP contribution < -0.4 is 10.1 Å². The molecule has 8 nitrogen and oxygen atoms in total. The molecule has 0 saturated carbocycles. The summed E-state index contributed by atoms with van der Waals surface area (Å²) < 4.78 is 12.6. The first kappa shape index (κ1) is 21.8. The second-order valence-electron chi connectivity index (χ2n) is 6.74. The minimum Gasteiger partial charge on any atom is -0.497 e. The molecule has 0 bridgehead atoms. The van der Waals surface area contributed by atoms with Gasteiger partial charge in [0, 0.05) is 17.5 Å². The van der Waals surface area contributed by atoms with Crippen molar-refractivity contribution in [1.82, 2.24) is 19.7 Å². The van der Waals surface area contributed by atoms with Crippen LogP contribution in [0.25, 0.3) is 22.8 Å². The number of aryl methyl sites for hydroxylation is 1. The van der Waals surface area contributed by atoms with E-state index in [4.69, 9.17) is 9.15 Å². The second kappa shape index (κ2) is 9.84. The van der Waals surface area contributed by atoms with Crippen molar-refractivity contribution in [2.45, 2.75) is 18.6 Å². The predicted molar refractivity (Wildman–Crippen MR) is 126 cm³/mol. The van der Waals surface area contributed by atoms with Crippen LogP contribution in [-0.4, -0.2) is 38.5 Å². The highest BCUT2D eigenvalue weighted by Gasteiger charge is 2.19.